The van der Waals surface area contributed by atoms with E-state index in [1.165, 1.54) is 6.33 Å². The normalized spacial score (nSPS) is 11.8. The molecule has 0 saturated heterocycles. The van der Waals surface area contributed by atoms with Gasteiger partial charge < -0.3 is 20.5 Å². The molecule has 21 heavy (non-hydrogen) atoms. The fourth-order valence-electron chi connectivity index (χ4n) is 2.17. The molecule has 114 valence electrons. The zero-order chi connectivity index (χ0) is 15.6. The van der Waals surface area contributed by atoms with Crippen LogP contribution in [0.5, 0.6) is 0 Å². The Morgan fingerprint density at radius 2 is 2.14 bits per heavy atom. The Labute approximate surface area is 121 Å². The number of nitrogens with one attached hydrogen (secondary N) is 2. The first-order chi connectivity index (χ1) is 9.91. The Morgan fingerprint density at radius 1 is 1.48 bits per heavy atom. The summed E-state index contributed by atoms with van der Waals surface area (Å²) >= 11 is 0. The third kappa shape index (κ3) is 2.82. The molecule has 1 amide bonds. The minimum Gasteiger partial charge on any atom is -0.442 e. The largest absolute Gasteiger partial charge is 0.442 e. The van der Waals surface area contributed by atoms with Gasteiger partial charge in [-0.15, -0.1) is 0 Å². The van der Waals surface area contributed by atoms with E-state index in [4.69, 9.17) is 10.2 Å². The molecule has 2 heterocycles. The highest BCUT2D eigenvalue weighted by molar-refractivity contribution is 6.06. The van der Waals surface area contributed by atoms with E-state index in [0.717, 1.165) is 12.8 Å². The van der Waals surface area contributed by atoms with Crippen molar-refractivity contribution in [1.82, 2.24) is 15.3 Å². The molecule has 0 atom stereocenters. The summed E-state index contributed by atoms with van der Waals surface area (Å²) in [7, 11) is 0. The highest BCUT2D eigenvalue weighted by atomic mass is 16.3. The monoisotopic (exact) mass is 292 g/mol. The molecule has 0 radical (unpaired) electrons. The van der Waals surface area contributed by atoms with Gasteiger partial charge in [0.2, 0.25) is 5.71 Å². The molecule has 0 saturated carbocycles. The number of furan rings is 1. The van der Waals surface area contributed by atoms with Crippen molar-refractivity contribution < 1.29 is 9.21 Å². The predicted molar refractivity (Wildman–Crippen MR) is 79.2 cm³/mol. The molecule has 0 spiro atoms. The van der Waals surface area contributed by atoms with E-state index in [9.17, 15) is 9.59 Å². The number of nitrogens with two attached hydrogens (primary N) is 1. The summed E-state index contributed by atoms with van der Waals surface area (Å²) in [5.41, 5.74) is 5.69. The number of hydrogen-bond acceptors (Lipinski definition) is 5. The second kappa shape index (κ2) is 5.69. The number of carbonyl (C=O) groups is 1. The summed E-state index contributed by atoms with van der Waals surface area (Å²) in [6.07, 6.45) is 2.74. The molecular formula is C14H20N4O3. The van der Waals surface area contributed by atoms with Gasteiger partial charge in [-0.2, -0.15) is 0 Å². The number of nitrogens with zero attached hydrogens (tertiary/aromatic N) is 1. The topological polar surface area (TPSA) is 114 Å². The van der Waals surface area contributed by atoms with Gasteiger partial charge in [0.15, 0.2) is 0 Å². The van der Waals surface area contributed by atoms with Crippen LogP contribution in [0, 0.1) is 6.92 Å². The van der Waals surface area contributed by atoms with Crippen LogP contribution in [0.2, 0.25) is 0 Å². The van der Waals surface area contributed by atoms with Crippen molar-refractivity contribution in [2.24, 2.45) is 5.73 Å². The predicted octanol–water partition coefficient (Wildman–Crippen LogP) is 1.07. The number of fused-ring (bicyclic) bond motifs is 1. The van der Waals surface area contributed by atoms with E-state index >= 15 is 0 Å². The molecule has 0 bridgehead atoms. The molecule has 7 heteroatoms. The van der Waals surface area contributed by atoms with Crippen molar-refractivity contribution in [3.63, 3.8) is 0 Å². The maximum absolute atomic E-state index is 12.4. The highest BCUT2D eigenvalue weighted by Crippen LogP contribution is 2.20. The average Bonchev–Trinajstić information content (AvgIpc) is 2.82. The molecule has 4 N–H and O–H groups in total. The Morgan fingerprint density at radius 3 is 2.76 bits per heavy atom. The van der Waals surface area contributed by atoms with E-state index in [1.807, 2.05) is 13.8 Å². The van der Waals surface area contributed by atoms with E-state index in [-0.39, 0.29) is 22.6 Å². The number of carbonyl (C=O) groups excluding carboxylic acids is 1. The minimum absolute atomic E-state index is 0.159. The van der Waals surface area contributed by atoms with Crippen LogP contribution < -0.4 is 16.6 Å². The maximum Gasteiger partial charge on any atom is 0.262 e. The number of aryl methyl sites for hydroxylation is 1. The number of rotatable bonds is 5. The summed E-state index contributed by atoms with van der Waals surface area (Å²) in [5, 5.41) is 2.95. The smallest absolute Gasteiger partial charge is 0.262 e. The summed E-state index contributed by atoms with van der Waals surface area (Å²) in [5.74, 6) is -0.0104. The maximum atomic E-state index is 12.4. The fourth-order valence-corrected chi connectivity index (χ4v) is 2.17. The molecule has 2 aromatic heterocycles. The first-order valence-corrected chi connectivity index (χ1v) is 6.95. The molecule has 0 aromatic carbocycles. The Bertz CT molecular complexity index is 713. The van der Waals surface area contributed by atoms with Crippen LogP contribution in [0.15, 0.2) is 15.5 Å². The standard InChI is InChI=1S/C14H20N4O3/c1-4-14(15,5-2)6-16-11(19)9-8(3)21-13-10(9)12(20)17-7-18-13/h7H,4-6,15H2,1-3H3,(H,16,19)(H,17,18,20). The van der Waals surface area contributed by atoms with Crippen LogP contribution in [0.3, 0.4) is 0 Å². The SMILES string of the molecule is CCC(N)(CC)CNC(=O)c1c(C)oc2nc[nH]c(=O)c12. The summed E-state index contributed by atoms with van der Waals surface area (Å²) in [4.78, 5) is 30.6. The quantitative estimate of drug-likeness (QED) is 0.762. The van der Waals surface area contributed by atoms with Gasteiger partial charge in [0.1, 0.15) is 11.1 Å². The first kappa shape index (κ1) is 15.2. The van der Waals surface area contributed by atoms with Crippen LogP contribution in [0.1, 0.15) is 42.8 Å². The number of H-pyrrole nitrogens is 1. The molecule has 2 rings (SSSR count). The van der Waals surface area contributed by atoms with Gasteiger partial charge in [0.25, 0.3) is 11.5 Å². The number of aromatic nitrogens is 2. The molecule has 0 aliphatic carbocycles. The summed E-state index contributed by atoms with van der Waals surface area (Å²) < 4.78 is 5.36. The Kier molecular flexibility index (Phi) is 4.13. The number of hydrogen-bond donors (Lipinski definition) is 3. The summed E-state index contributed by atoms with van der Waals surface area (Å²) in [6.45, 7) is 5.92. The number of aromatic amines is 1. The fraction of sp³-hybridized carbons (Fsp3) is 0.500. The molecular weight excluding hydrogens is 272 g/mol. The van der Waals surface area contributed by atoms with Gasteiger partial charge in [0, 0.05) is 12.1 Å². The highest BCUT2D eigenvalue weighted by Gasteiger charge is 2.25. The Hall–Kier alpha value is -2.15. The van der Waals surface area contributed by atoms with Gasteiger partial charge in [-0.05, 0) is 19.8 Å². The van der Waals surface area contributed by atoms with Gasteiger partial charge in [-0.3, -0.25) is 9.59 Å². The van der Waals surface area contributed by atoms with Crippen LogP contribution in [-0.4, -0.2) is 28.0 Å². The van der Waals surface area contributed by atoms with Crippen molar-refractivity contribution in [3.05, 3.63) is 28.0 Å². The lowest BCUT2D eigenvalue weighted by molar-refractivity contribution is 0.0942. The second-order valence-electron chi connectivity index (χ2n) is 5.20. The third-order valence-corrected chi connectivity index (χ3v) is 3.91. The van der Waals surface area contributed by atoms with Crippen molar-refractivity contribution in [1.29, 1.82) is 0 Å². The third-order valence-electron chi connectivity index (χ3n) is 3.91. The van der Waals surface area contributed by atoms with E-state index < -0.39 is 11.1 Å². The molecule has 7 nitrogen and oxygen atoms in total. The van der Waals surface area contributed by atoms with E-state index in [0.29, 0.717) is 12.3 Å². The van der Waals surface area contributed by atoms with Crippen molar-refractivity contribution in [2.45, 2.75) is 39.2 Å². The molecule has 0 aliphatic heterocycles. The van der Waals surface area contributed by atoms with Crippen molar-refractivity contribution in [2.75, 3.05) is 6.54 Å². The van der Waals surface area contributed by atoms with Crippen molar-refractivity contribution in [3.8, 4) is 0 Å². The minimum atomic E-state index is -0.451. The molecule has 0 fully saturated rings. The Balaban J connectivity index is 2.32. The second-order valence-corrected chi connectivity index (χ2v) is 5.20. The lowest BCUT2D eigenvalue weighted by Crippen LogP contribution is -2.49. The lowest BCUT2D eigenvalue weighted by Gasteiger charge is -2.26. The zero-order valence-corrected chi connectivity index (χ0v) is 12.4. The van der Waals surface area contributed by atoms with Gasteiger partial charge >= 0.3 is 0 Å². The van der Waals surface area contributed by atoms with Crippen LogP contribution in [0.25, 0.3) is 11.1 Å². The van der Waals surface area contributed by atoms with Crippen LogP contribution >= 0.6 is 0 Å². The summed E-state index contributed by atoms with van der Waals surface area (Å²) in [6, 6.07) is 0. The number of amides is 1. The van der Waals surface area contributed by atoms with Crippen LogP contribution in [-0.2, 0) is 0 Å². The molecule has 0 aliphatic rings. The molecule has 2 aromatic rings. The molecule has 0 unspecified atom stereocenters. The first-order valence-electron chi connectivity index (χ1n) is 6.95. The van der Waals surface area contributed by atoms with E-state index in [2.05, 4.69) is 15.3 Å². The lowest BCUT2D eigenvalue weighted by atomic mass is 9.94. The van der Waals surface area contributed by atoms with Crippen LogP contribution in [0.4, 0.5) is 0 Å². The van der Waals surface area contributed by atoms with E-state index in [1.54, 1.807) is 6.92 Å². The van der Waals surface area contributed by atoms with Gasteiger partial charge in [0.05, 0.1) is 11.9 Å². The van der Waals surface area contributed by atoms with Gasteiger partial charge in [-0.1, -0.05) is 13.8 Å². The van der Waals surface area contributed by atoms with Crippen molar-refractivity contribution >= 4 is 17.0 Å². The van der Waals surface area contributed by atoms with Gasteiger partial charge in [-0.25, -0.2) is 4.98 Å². The zero-order valence-electron chi connectivity index (χ0n) is 12.4. The average molecular weight is 292 g/mol.